The van der Waals surface area contributed by atoms with E-state index in [0.29, 0.717) is 6.42 Å². The molecule has 0 aliphatic rings. The van der Waals surface area contributed by atoms with E-state index in [1.807, 2.05) is 6.92 Å². The molecule has 4 heteroatoms. The molecule has 0 saturated heterocycles. The van der Waals surface area contributed by atoms with Crippen molar-refractivity contribution in [3.05, 3.63) is 0 Å². The summed E-state index contributed by atoms with van der Waals surface area (Å²) < 4.78 is 0. The van der Waals surface area contributed by atoms with Gasteiger partial charge in [-0.3, -0.25) is 4.79 Å². The van der Waals surface area contributed by atoms with E-state index in [4.69, 9.17) is 5.11 Å². The smallest absolute Gasteiger partial charge is 0.217 e. The molecule has 3 unspecified atom stereocenters. The summed E-state index contributed by atoms with van der Waals surface area (Å²) in [7, 11) is 0. The van der Waals surface area contributed by atoms with Crippen molar-refractivity contribution in [3.8, 4) is 0 Å². The van der Waals surface area contributed by atoms with Gasteiger partial charge >= 0.3 is 0 Å². The lowest BCUT2D eigenvalue weighted by Crippen LogP contribution is -2.47. The summed E-state index contributed by atoms with van der Waals surface area (Å²) in [4.78, 5) is 10.8. The molecule has 0 heterocycles. The molecule has 0 fully saturated rings. The predicted molar refractivity (Wildman–Crippen MR) is 50.2 cm³/mol. The van der Waals surface area contributed by atoms with Crippen molar-refractivity contribution in [2.45, 2.75) is 51.9 Å². The molecular weight excluding hydrogens is 170 g/mol. The third-order valence-corrected chi connectivity index (χ3v) is 1.89. The minimum Gasteiger partial charge on any atom is -0.391 e. The van der Waals surface area contributed by atoms with Crippen molar-refractivity contribution in [3.63, 3.8) is 0 Å². The second-order valence-corrected chi connectivity index (χ2v) is 3.33. The van der Waals surface area contributed by atoms with Crippen LogP contribution in [0.25, 0.3) is 0 Å². The van der Waals surface area contributed by atoms with E-state index in [-0.39, 0.29) is 11.9 Å². The molecule has 0 aliphatic carbocycles. The maximum absolute atomic E-state index is 10.8. The highest BCUT2D eigenvalue weighted by Crippen LogP contribution is 2.06. The summed E-state index contributed by atoms with van der Waals surface area (Å²) in [5, 5.41) is 21.2. The molecule has 13 heavy (non-hydrogen) atoms. The number of hydrogen-bond acceptors (Lipinski definition) is 3. The van der Waals surface area contributed by atoms with E-state index in [0.717, 1.165) is 6.42 Å². The van der Waals surface area contributed by atoms with Gasteiger partial charge in [-0.2, -0.15) is 0 Å². The van der Waals surface area contributed by atoms with Crippen LogP contribution in [0.3, 0.4) is 0 Å². The molecule has 0 rings (SSSR count). The third kappa shape index (κ3) is 4.85. The van der Waals surface area contributed by atoms with Crippen molar-refractivity contribution in [2.75, 3.05) is 0 Å². The predicted octanol–water partition coefficient (Wildman–Crippen LogP) is 0.0329. The Morgan fingerprint density at radius 1 is 1.46 bits per heavy atom. The van der Waals surface area contributed by atoms with Crippen LogP contribution in [-0.4, -0.2) is 34.4 Å². The molecule has 78 valence electrons. The van der Waals surface area contributed by atoms with E-state index >= 15 is 0 Å². The third-order valence-electron chi connectivity index (χ3n) is 1.89. The lowest BCUT2D eigenvalue weighted by Gasteiger charge is -2.25. The van der Waals surface area contributed by atoms with Gasteiger partial charge < -0.3 is 15.5 Å². The van der Waals surface area contributed by atoms with Crippen molar-refractivity contribution in [1.29, 1.82) is 0 Å². The normalized spacial score (nSPS) is 17.6. The first-order valence-electron chi connectivity index (χ1n) is 4.62. The van der Waals surface area contributed by atoms with Crippen LogP contribution in [0.1, 0.15) is 33.6 Å². The standard InChI is InChI=1S/C9H19NO3/c1-4-5-8(10-7(3)12)9(13)6(2)11/h6,8-9,11,13H,4-5H2,1-3H3,(H,10,12). The minimum atomic E-state index is -0.885. The molecule has 1 amide bonds. The van der Waals surface area contributed by atoms with Crippen molar-refractivity contribution >= 4 is 5.91 Å². The van der Waals surface area contributed by atoms with Gasteiger partial charge in [-0.15, -0.1) is 0 Å². The number of aliphatic hydroxyl groups is 2. The Balaban J connectivity index is 4.14. The van der Waals surface area contributed by atoms with Crippen LogP contribution in [0.15, 0.2) is 0 Å². The van der Waals surface area contributed by atoms with E-state index in [2.05, 4.69) is 5.32 Å². The summed E-state index contributed by atoms with van der Waals surface area (Å²) in [5.41, 5.74) is 0. The molecule has 0 aromatic carbocycles. The first kappa shape index (κ1) is 12.4. The molecular formula is C9H19NO3. The van der Waals surface area contributed by atoms with E-state index < -0.39 is 12.2 Å². The SMILES string of the molecule is CCCC(NC(C)=O)C(O)C(C)O. The van der Waals surface area contributed by atoms with Crippen LogP contribution in [-0.2, 0) is 4.79 Å². The van der Waals surface area contributed by atoms with Crippen molar-refractivity contribution < 1.29 is 15.0 Å². The summed E-state index contributed by atoms with van der Waals surface area (Å²) >= 11 is 0. The van der Waals surface area contributed by atoms with Gasteiger partial charge in [0.1, 0.15) is 0 Å². The molecule has 0 bridgehead atoms. The summed E-state index contributed by atoms with van der Waals surface area (Å²) in [6.07, 6.45) is -0.173. The highest BCUT2D eigenvalue weighted by molar-refractivity contribution is 5.73. The van der Waals surface area contributed by atoms with Crippen LogP contribution in [0.5, 0.6) is 0 Å². The minimum absolute atomic E-state index is 0.182. The highest BCUT2D eigenvalue weighted by Gasteiger charge is 2.22. The number of nitrogens with one attached hydrogen (secondary N) is 1. The molecule has 0 radical (unpaired) electrons. The van der Waals surface area contributed by atoms with Gasteiger partial charge in [0.15, 0.2) is 0 Å². The average molecular weight is 189 g/mol. The van der Waals surface area contributed by atoms with E-state index in [1.165, 1.54) is 13.8 Å². The zero-order valence-electron chi connectivity index (χ0n) is 8.45. The van der Waals surface area contributed by atoms with Crippen LogP contribution in [0, 0.1) is 0 Å². The molecule has 0 saturated carbocycles. The maximum Gasteiger partial charge on any atom is 0.217 e. The molecule has 4 nitrogen and oxygen atoms in total. The zero-order chi connectivity index (χ0) is 10.4. The number of hydrogen-bond donors (Lipinski definition) is 3. The highest BCUT2D eigenvalue weighted by atomic mass is 16.3. The lowest BCUT2D eigenvalue weighted by atomic mass is 10.0. The summed E-state index contributed by atoms with van der Waals surface area (Å²) in [6, 6.07) is -0.345. The van der Waals surface area contributed by atoms with E-state index in [1.54, 1.807) is 0 Å². The Labute approximate surface area is 79.0 Å². The van der Waals surface area contributed by atoms with Gasteiger partial charge in [-0.1, -0.05) is 13.3 Å². The first-order valence-corrected chi connectivity index (χ1v) is 4.62. The maximum atomic E-state index is 10.8. The van der Waals surface area contributed by atoms with Gasteiger partial charge in [-0.25, -0.2) is 0 Å². The number of carbonyl (C=O) groups is 1. The van der Waals surface area contributed by atoms with Crippen LogP contribution >= 0.6 is 0 Å². The van der Waals surface area contributed by atoms with Gasteiger partial charge in [0, 0.05) is 6.92 Å². The fourth-order valence-corrected chi connectivity index (χ4v) is 1.24. The fourth-order valence-electron chi connectivity index (χ4n) is 1.24. The fraction of sp³-hybridized carbons (Fsp3) is 0.889. The van der Waals surface area contributed by atoms with Crippen molar-refractivity contribution in [2.24, 2.45) is 0 Å². The Morgan fingerprint density at radius 3 is 2.31 bits per heavy atom. The number of aliphatic hydroxyl groups excluding tert-OH is 2. The topological polar surface area (TPSA) is 69.6 Å². The Hall–Kier alpha value is -0.610. The zero-order valence-corrected chi connectivity index (χ0v) is 8.45. The largest absolute Gasteiger partial charge is 0.391 e. The molecule has 0 spiro atoms. The quantitative estimate of drug-likeness (QED) is 0.571. The Bertz CT molecular complexity index is 159. The number of rotatable bonds is 5. The van der Waals surface area contributed by atoms with Gasteiger partial charge in [0.2, 0.25) is 5.91 Å². The molecule has 0 aromatic rings. The average Bonchev–Trinajstić information content (AvgIpc) is 2.01. The Kier molecular flexibility index (Phi) is 5.66. The molecule has 0 aromatic heterocycles. The van der Waals surface area contributed by atoms with E-state index in [9.17, 15) is 9.90 Å². The monoisotopic (exact) mass is 189 g/mol. The Morgan fingerprint density at radius 2 is 2.00 bits per heavy atom. The number of amides is 1. The second-order valence-electron chi connectivity index (χ2n) is 3.33. The molecule has 3 atom stereocenters. The van der Waals surface area contributed by atoms with Gasteiger partial charge in [-0.05, 0) is 13.3 Å². The second kappa shape index (κ2) is 5.94. The van der Waals surface area contributed by atoms with Crippen molar-refractivity contribution in [1.82, 2.24) is 5.32 Å². The summed E-state index contributed by atoms with van der Waals surface area (Å²) in [5.74, 6) is -0.182. The van der Waals surface area contributed by atoms with Gasteiger partial charge in [0.05, 0.1) is 18.2 Å². The molecule has 3 N–H and O–H groups in total. The first-order chi connectivity index (χ1) is 5.99. The van der Waals surface area contributed by atoms with Gasteiger partial charge in [0.25, 0.3) is 0 Å². The van der Waals surface area contributed by atoms with Crippen LogP contribution < -0.4 is 5.32 Å². The lowest BCUT2D eigenvalue weighted by molar-refractivity contribution is -0.121. The van der Waals surface area contributed by atoms with Crippen LogP contribution in [0.2, 0.25) is 0 Å². The molecule has 0 aliphatic heterocycles. The number of carbonyl (C=O) groups excluding carboxylic acids is 1. The van der Waals surface area contributed by atoms with Crippen LogP contribution in [0.4, 0.5) is 0 Å². The summed E-state index contributed by atoms with van der Waals surface area (Å²) in [6.45, 7) is 4.87.